The monoisotopic (exact) mass is 478 g/mol. The summed E-state index contributed by atoms with van der Waals surface area (Å²) in [6.45, 7) is -0.0681. The van der Waals surface area contributed by atoms with Crippen LogP contribution in [0.25, 0.3) is 5.57 Å². The van der Waals surface area contributed by atoms with Gasteiger partial charge in [0.25, 0.3) is 5.91 Å². The number of hydrogen-bond donors (Lipinski definition) is 2. The number of allylic oxidation sites excluding steroid dienone is 1. The molecule has 1 aliphatic heterocycles. The van der Waals surface area contributed by atoms with E-state index in [4.69, 9.17) is 4.74 Å². The summed E-state index contributed by atoms with van der Waals surface area (Å²) in [5.41, 5.74) is 2.03. The van der Waals surface area contributed by atoms with Crippen molar-refractivity contribution >= 4 is 17.2 Å². The van der Waals surface area contributed by atoms with E-state index in [1.807, 2.05) is 0 Å². The normalized spacial score (nSPS) is 14.7. The van der Waals surface area contributed by atoms with Crippen LogP contribution < -0.4 is 5.32 Å². The van der Waals surface area contributed by atoms with Crippen LogP contribution in [0.3, 0.4) is 0 Å². The molecule has 3 aromatic rings. The first kappa shape index (κ1) is 24.3. The van der Waals surface area contributed by atoms with Crippen LogP contribution in [-0.4, -0.2) is 59.1 Å². The molecule has 1 amide bonds. The Balaban J connectivity index is 1.62. The van der Waals surface area contributed by atoms with Crippen LogP contribution >= 0.6 is 0 Å². The highest BCUT2D eigenvalue weighted by atomic mass is 19.1. The van der Waals surface area contributed by atoms with Crippen molar-refractivity contribution in [2.24, 2.45) is 4.99 Å². The Morgan fingerprint density at radius 1 is 1.11 bits per heavy atom. The minimum Gasteiger partial charge on any atom is -0.394 e. The van der Waals surface area contributed by atoms with Gasteiger partial charge >= 0.3 is 0 Å². The van der Waals surface area contributed by atoms with Gasteiger partial charge in [-0.1, -0.05) is 18.2 Å². The second-order valence-corrected chi connectivity index (χ2v) is 7.95. The molecule has 9 heteroatoms. The highest BCUT2D eigenvalue weighted by Gasteiger charge is 2.27. The Labute approximate surface area is 201 Å². The van der Waals surface area contributed by atoms with E-state index in [-0.39, 0.29) is 36.5 Å². The van der Waals surface area contributed by atoms with Crippen LogP contribution in [0.2, 0.25) is 0 Å². The first-order chi connectivity index (χ1) is 17.0. The predicted octanol–water partition coefficient (Wildman–Crippen LogP) is 2.99. The molecule has 1 aliphatic rings. The Morgan fingerprint density at radius 2 is 1.86 bits per heavy atom. The van der Waals surface area contributed by atoms with Gasteiger partial charge in [0.1, 0.15) is 23.6 Å². The van der Waals surface area contributed by atoms with Gasteiger partial charge in [0.15, 0.2) is 0 Å². The highest BCUT2D eigenvalue weighted by molar-refractivity contribution is 6.19. The van der Waals surface area contributed by atoms with Crippen LogP contribution in [-0.2, 0) is 11.2 Å². The number of rotatable bonds is 9. The number of ether oxygens (including phenoxy) is 1. The van der Waals surface area contributed by atoms with Crippen LogP contribution in [0.4, 0.5) is 8.78 Å². The average Bonchev–Trinajstić information content (AvgIpc) is 3.35. The Bertz CT molecular complexity index is 1240. The van der Waals surface area contributed by atoms with Crippen LogP contribution in [0.5, 0.6) is 0 Å². The fourth-order valence-electron chi connectivity index (χ4n) is 3.91. The standard InChI is InChI=1S/C26H24F2N4O3/c1-35-23(15-33)21(13-24-29-10-3-11-30-24)32-26(34)19-4-2-5-20(28)25(19)22-12-17(14-31-22)16-6-8-18(27)9-7-16/h2-12,21,23,33H,13-15H2,1H3,(H,32,34)/t21-,23-/m0/s1. The van der Waals surface area contributed by atoms with Crippen LogP contribution in [0.1, 0.15) is 27.3 Å². The zero-order valence-corrected chi connectivity index (χ0v) is 19.0. The maximum absolute atomic E-state index is 15.0. The van der Waals surface area contributed by atoms with Crippen molar-refractivity contribution in [1.82, 2.24) is 15.3 Å². The Hall–Kier alpha value is -3.82. The summed E-state index contributed by atoms with van der Waals surface area (Å²) < 4.78 is 33.6. The molecule has 2 atom stereocenters. The molecule has 0 radical (unpaired) electrons. The smallest absolute Gasteiger partial charge is 0.252 e. The molecule has 0 saturated heterocycles. The van der Waals surface area contributed by atoms with Gasteiger partial charge in [-0.25, -0.2) is 18.7 Å². The van der Waals surface area contributed by atoms with Gasteiger partial charge in [-0.3, -0.25) is 9.79 Å². The number of amides is 1. The number of benzene rings is 2. The Morgan fingerprint density at radius 3 is 2.54 bits per heavy atom. The third-order valence-electron chi connectivity index (χ3n) is 5.73. The molecule has 35 heavy (non-hydrogen) atoms. The zero-order valence-electron chi connectivity index (χ0n) is 19.0. The van der Waals surface area contributed by atoms with Crippen molar-refractivity contribution < 1.29 is 23.4 Å². The van der Waals surface area contributed by atoms with Gasteiger partial charge in [0.2, 0.25) is 0 Å². The minimum atomic E-state index is -0.728. The lowest BCUT2D eigenvalue weighted by atomic mass is 9.98. The van der Waals surface area contributed by atoms with Crippen molar-refractivity contribution in [2.45, 2.75) is 18.6 Å². The van der Waals surface area contributed by atoms with Crippen molar-refractivity contribution in [2.75, 3.05) is 20.3 Å². The van der Waals surface area contributed by atoms with Crippen LogP contribution in [0.15, 0.2) is 72.0 Å². The van der Waals surface area contributed by atoms with E-state index in [1.165, 1.54) is 37.4 Å². The lowest BCUT2D eigenvalue weighted by Gasteiger charge is -2.25. The number of halogens is 2. The van der Waals surface area contributed by atoms with E-state index < -0.39 is 23.9 Å². The van der Waals surface area contributed by atoms with Crippen LogP contribution in [0, 0.1) is 11.6 Å². The summed E-state index contributed by atoms with van der Waals surface area (Å²) >= 11 is 0. The third-order valence-corrected chi connectivity index (χ3v) is 5.73. The summed E-state index contributed by atoms with van der Waals surface area (Å²) in [6, 6.07) is 11.2. The number of carbonyl (C=O) groups is 1. The number of carbonyl (C=O) groups excluding carboxylic acids is 1. The zero-order chi connectivity index (χ0) is 24.8. The van der Waals surface area contributed by atoms with E-state index in [9.17, 15) is 18.7 Å². The summed E-state index contributed by atoms with van der Waals surface area (Å²) in [4.78, 5) is 26.1. The van der Waals surface area contributed by atoms with Gasteiger partial charge in [-0.05, 0) is 47.5 Å². The first-order valence-electron chi connectivity index (χ1n) is 11.0. The molecule has 180 valence electrons. The number of nitrogens with zero attached hydrogens (tertiary/aromatic N) is 3. The second-order valence-electron chi connectivity index (χ2n) is 7.95. The number of aliphatic hydroxyl groups is 1. The maximum Gasteiger partial charge on any atom is 0.252 e. The van der Waals surface area contributed by atoms with Crippen molar-refractivity contribution in [3.05, 3.63) is 101 Å². The van der Waals surface area contributed by atoms with E-state index in [2.05, 4.69) is 20.3 Å². The molecule has 0 saturated carbocycles. The number of nitrogens with one attached hydrogen (secondary N) is 1. The maximum atomic E-state index is 15.0. The van der Waals surface area contributed by atoms with E-state index >= 15 is 0 Å². The summed E-state index contributed by atoms with van der Waals surface area (Å²) in [5, 5.41) is 12.6. The summed E-state index contributed by atoms with van der Waals surface area (Å²) in [7, 11) is 1.43. The molecule has 2 aromatic carbocycles. The number of aliphatic imine (C=N–C) groups is 1. The molecule has 4 rings (SSSR count). The molecule has 1 aromatic heterocycles. The molecular formula is C26H24F2N4O3. The number of aromatic nitrogens is 2. The first-order valence-corrected chi connectivity index (χ1v) is 11.0. The molecule has 7 nitrogen and oxygen atoms in total. The fourth-order valence-corrected chi connectivity index (χ4v) is 3.91. The van der Waals surface area contributed by atoms with Crippen molar-refractivity contribution in [3.8, 4) is 0 Å². The molecule has 0 aliphatic carbocycles. The molecule has 0 fully saturated rings. The van der Waals surface area contributed by atoms with E-state index in [1.54, 1.807) is 36.7 Å². The lowest BCUT2D eigenvalue weighted by molar-refractivity contribution is 0.0211. The van der Waals surface area contributed by atoms with E-state index in [0.717, 1.165) is 11.1 Å². The third kappa shape index (κ3) is 5.64. The fraction of sp³-hybridized carbons (Fsp3) is 0.231. The van der Waals surface area contributed by atoms with Gasteiger partial charge in [0.05, 0.1) is 30.5 Å². The predicted molar refractivity (Wildman–Crippen MR) is 127 cm³/mol. The number of methoxy groups -OCH3 is 1. The SMILES string of the molecule is CO[C@@H](CO)[C@H](Cc1ncccn1)NC(=O)c1cccc(F)c1C1=NCC(c2ccc(F)cc2)=C1. The largest absolute Gasteiger partial charge is 0.394 e. The van der Waals surface area contributed by atoms with Crippen molar-refractivity contribution in [3.63, 3.8) is 0 Å². The van der Waals surface area contributed by atoms with Gasteiger partial charge < -0.3 is 15.2 Å². The molecule has 0 spiro atoms. The molecule has 0 bridgehead atoms. The van der Waals surface area contributed by atoms with Gasteiger partial charge in [0, 0.05) is 31.5 Å². The number of aliphatic hydroxyl groups excluding tert-OH is 1. The van der Waals surface area contributed by atoms with Gasteiger partial charge in [-0.15, -0.1) is 0 Å². The average molecular weight is 478 g/mol. The quantitative estimate of drug-likeness (QED) is 0.493. The van der Waals surface area contributed by atoms with Gasteiger partial charge in [-0.2, -0.15) is 0 Å². The summed E-state index contributed by atoms with van der Waals surface area (Å²) in [6.07, 6.45) is 4.33. The lowest BCUT2D eigenvalue weighted by Crippen LogP contribution is -2.47. The summed E-state index contributed by atoms with van der Waals surface area (Å²) in [5.74, 6) is -1.04. The topological polar surface area (TPSA) is 96.7 Å². The minimum absolute atomic E-state index is 0.0646. The molecule has 2 N–H and O–H groups in total. The van der Waals surface area contributed by atoms with E-state index in [0.29, 0.717) is 11.5 Å². The molecule has 2 heterocycles. The molecule has 0 unspecified atom stereocenters. The highest BCUT2D eigenvalue weighted by Crippen LogP contribution is 2.25. The Kier molecular flexibility index (Phi) is 7.69. The number of hydrogen-bond acceptors (Lipinski definition) is 6. The second kappa shape index (κ2) is 11.1. The molecular weight excluding hydrogens is 454 g/mol. The van der Waals surface area contributed by atoms with Crippen molar-refractivity contribution in [1.29, 1.82) is 0 Å².